The first-order chi connectivity index (χ1) is 19.7. The van der Waals surface area contributed by atoms with Gasteiger partial charge in [-0.15, -0.1) is 0 Å². The van der Waals surface area contributed by atoms with Crippen LogP contribution in [0.2, 0.25) is 0 Å². The first kappa shape index (κ1) is 28.3. The lowest BCUT2D eigenvalue weighted by molar-refractivity contribution is -0.00000828. The van der Waals surface area contributed by atoms with E-state index >= 15 is 0 Å². The summed E-state index contributed by atoms with van der Waals surface area (Å²) in [5, 5.41) is 4.96. The van der Waals surface area contributed by atoms with E-state index in [0.29, 0.717) is 6.16 Å². The monoisotopic (exact) mass is 575 g/mol. The molecular weight excluding hydrogens is 545 g/mol. The zero-order chi connectivity index (χ0) is 27.4. The Morgan fingerprint density at radius 2 is 1.10 bits per heavy atom. The fourth-order valence-electron chi connectivity index (χ4n) is 5.34. The van der Waals surface area contributed by atoms with E-state index in [2.05, 4.69) is 127 Å². The van der Waals surface area contributed by atoms with Crippen molar-refractivity contribution in [1.29, 1.82) is 0 Å². The van der Waals surface area contributed by atoms with E-state index in [0.717, 1.165) is 34.0 Å². The fraction of sp³-hybridized carbons (Fsp3) is 0.0857. The molecule has 0 atom stereocenters. The molecule has 0 amide bonds. The highest BCUT2D eigenvalue weighted by Crippen LogP contribution is 2.57. The number of anilines is 2. The molecule has 0 aliphatic carbocycles. The minimum Gasteiger partial charge on any atom is -1.00 e. The van der Waals surface area contributed by atoms with Crippen molar-refractivity contribution in [3.05, 3.63) is 145 Å². The highest BCUT2D eigenvalue weighted by atomic mass is 35.5. The maximum absolute atomic E-state index is 5.38. The number of benzene rings is 5. The number of nitrogens with zero attached hydrogens (tertiary/aromatic N) is 3. The second-order valence-electron chi connectivity index (χ2n) is 9.71. The summed E-state index contributed by atoms with van der Waals surface area (Å²) in [7, 11) is 1.60. The number of para-hydroxylation sites is 1. The Morgan fingerprint density at radius 1 is 0.610 bits per heavy atom. The quantitative estimate of drug-likeness (QED) is 0.258. The van der Waals surface area contributed by atoms with Gasteiger partial charge in [-0.1, -0.05) is 66.7 Å². The maximum atomic E-state index is 5.38. The van der Waals surface area contributed by atoms with Gasteiger partial charge in [-0.05, 0) is 72.8 Å². The van der Waals surface area contributed by atoms with Crippen molar-refractivity contribution in [3.8, 4) is 5.75 Å². The van der Waals surface area contributed by atoms with Gasteiger partial charge in [0.1, 0.15) is 40.9 Å². The standard InChI is InChI=1S/C35H31N3OP.ClH/c1-38(27-22-24-28(39-2)25-23-27)35-32-20-12-13-21-33(32)36-34(37-35)26-40(29-14-6-3-7-15-29,30-16-8-4-9-17-30)31-18-10-5-11-19-31;/h3-25H,26H2,1-2H3;1H/q+1;/p-1. The minimum absolute atomic E-state index is 0. The van der Waals surface area contributed by atoms with Crippen LogP contribution in [0.3, 0.4) is 0 Å². The highest BCUT2D eigenvalue weighted by molar-refractivity contribution is 7.95. The average molecular weight is 576 g/mol. The van der Waals surface area contributed by atoms with Crippen molar-refractivity contribution < 1.29 is 17.1 Å². The molecule has 4 nitrogen and oxygen atoms in total. The van der Waals surface area contributed by atoms with Crippen LogP contribution in [-0.2, 0) is 6.16 Å². The smallest absolute Gasteiger partial charge is 0.169 e. The number of ether oxygens (including phenoxy) is 1. The molecule has 204 valence electrons. The molecule has 0 spiro atoms. The fourth-order valence-corrected chi connectivity index (χ4v) is 9.39. The molecule has 0 saturated carbocycles. The van der Waals surface area contributed by atoms with E-state index in [1.807, 2.05) is 24.3 Å². The van der Waals surface area contributed by atoms with Crippen LogP contribution in [0.4, 0.5) is 11.5 Å². The van der Waals surface area contributed by atoms with Crippen LogP contribution in [0.25, 0.3) is 10.9 Å². The SMILES string of the molecule is COc1ccc(N(C)c2nc(C[P+](c3ccccc3)(c3ccccc3)c3ccccc3)nc3ccccc23)cc1.[Cl-]. The van der Waals surface area contributed by atoms with Crippen molar-refractivity contribution in [2.45, 2.75) is 6.16 Å². The van der Waals surface area contributed by atoms with Gasteiger partial charge in [0.15, 0.2) is 5.82 Å². The van der Waals surface area contributed by atoms with Gasteiger partial charge in [0.2, 0.25) is 0 Å². The van der Waals surface area contributed by atoms with Gasteiger partial charge in [-0.25, -0.2) is 9.97 Å². The Morgan fingerprint density at radius 3 is 1.61 bits per heavy atom. The summed E-state index contributed by atoms with van der Waals surface area (Å²) in [6.07, 6.45) is 0.708. The molecule has 0 bridgehead atoms. The number of rotatable bonds is 8. The molecule has 0 aliphatic heterocycles. The van der Waals surface area contributed by atoms with Crippen molar-refractivity contribution >= 4 is 45.6 Å². The van der Waals surface area contributed by atoms with E-state index in [9.17, 15) is 0 Å². The first-order valence-electron chi connectivity index (χ1n) is 13.4. The van der Waals surface area contributed by atoms with Gasteiger partial charge >= 0.3 is 0 Å². The van der Waals surface area contributed by atoms with Gasteiger partial charge in [0, 0.05) is 18.1 Å². The summed E-state index contributed by atoms with van der Waals surface area (Å²) < 4.78 is 5.38. The normalized spacial score (nSPS) is 11.1. The molecule has 6 aromatic rings. The zero-order valence-electron chi connectivity index (χ0n) is 23.1. The van der Waals surface area contributed by atoms with Gasteiger partial charge in [-0.2, -0.15) is 0 Å². The number of hydrogen-bond acceptors (Lipinski definition) is 4. The van der Waals surface area contributed by atoms with Crippen molar-refractivity contribution in [3.63, 3.8) is 0 Å². The Bertz CT molecular complexity index is 1620. The Balaban J connectivity index is 0.00000337. The molecule has 6 rings (SSSR count). The molecule has 0 saturated heterocycles. The maximum Gasteiger partial charge on any atom is 0.169 e. The van der Waals surface area contributed by atoms with Crippen molar-refractivity contribution in [2.75, 3.05) is 19.1 Å². The predicted octanol–water partition coefficient (Wildman–Crippen LogP) is 3.90. The van der Waals surface area contributed by atoms with Gasteiger partial charge in [0.05, 0.1) is 12.6 Å². The second kappa shape index (κ2) is 12.5. The summed E-state index contributed by atoms with van der Waals surface area (Å²) >= 11 is 0. The van der Waals surface area contributed by atoms with E-state index in [-0.39, 0.29) is 12.4 Å². The van der Waals surface area contributed by atoms with E-state index in [4.69, 9.17) is 14.7 Å². The average Bonchev–Trinajstić information content (AvgIpc) is 3.04. The third-order valence-electron chi connectivity index (χ3n) is 7.38. The second-order valence-corrected chi connectivity index (χ2v) is 13.2. The highest BCUT2D eigenvalue weighted by Gasteiger charge is 2.46. The number of halogens is 1. The lowest BCUT2D eigenvalue weighted by Crippen LogP contribution is -3.00. The van der Waals surface area contributed by atoms with Gasteiger partial charge in [-0.3, -0.25) is 0 Å². The molecule has 6 heteroatoms. The molecule has 0 unspecified atom stereocenters. The van der Waals surface area contributed by atoms with Crippen LogP contribution >= 0.6 is 7.26 Å². The largest absolute Gasteiger partial charge is 1.00 e. The summed E-state index contributed by atoms with van der Waals surface area (Å²) in [6, 6.07) is 49.0. The lowest BCUT2D eigenvalue weighted by atomic mass is 10.2. The third kappa shape index (κ3) is 5.54. The van der Waals surface area contributed by atoms with Crippen molar-refractivity contribution in [1.82, 2.24) is 9.97 Å². The molecule has 1 aromatic heterocycles. The van der Waals surface area contributed by atoms with Crippen LogP contribution in [0.1, 0.15) is 5.82 Å². The van der Waals surface area contributed by atoms with Gasteiger partial charge in [0.25, 0.3) is 0 Å². The summed E-state index contributed by atoms with van der Waals surface area (Å²) in [5.41, 5.74) is 1.97. The van der Waals surface area contributed by atoms with E-state index < -0.39 is 7.26 Å². The Hall–Kier alpha value is -4.24. The molecule has 1 heterocycles. The third-order valence-corrected chi connectivity index (χ3v) is 11.7. The molecule has 0 aliphatic rings. The molecule has 41 heavy (non-hydrogen) atoms. The van der Waals surface area contributed by atoms with Crippen molar-refractivity contribution in [2.24, 2.45) is 0 Å². The van der Waals surface area contributed by atoms with Crippen LogP contribution in [-0.4, -0.2) is 24.1 Å². The van der Waals surface area contributed by atoms with E-state index in [1.165, 1.54) is 15.9 Å². The summed E-state index contributed by atoms with van der Waals surface area (Å²) in [4.78, 5) is 12.6. The number of fused-ring (bicyclic) bond motifs is 1. The van der Waals surface area contributed by atoms with Crippen LogP contribution in [0, 0.1) is 0 Å². The topological polar surface area (TPSA) is 38.2 Å². The lowest BCUT2D eigenvalue weighted by Gasteiger charge is -2.28. The number of hydrogen-bond donors (Lipinski definition) is 0. The Kier molecular flexibility index (Phi) is 8.64. The Labute approximate surface area is 248 Å². The molecular formula is C35H31ClN3OP. The summed E-state index contributed by atoms with van der Waals surface area (Å²) in [5.74, 6) is 2.55. The zero-order valence-corrected chi connectivity index (χ0v) is 24.7. The van der Waals surface area contributed by atoms with E-state index in [1.54, 1.807) is 7.11 Å². The van der Waals surface area contributed by atoms with Gasteiger partial charge < -0.3 is 22.0 Å². The molecule has 0 N–H and O–H groups in total. The molecule has 0 fully saturated rings. The predicted molar refractivity (Wildman–Crippen MR) is 169 cm³/mol. The molecule has 5 aromatic carbocycles. The minimum atomic E-state index is -2.15. The first-order valence-corrected chi connectivity index (χ1v) is 15.3. The molecule has 0 radical (unpaired) electrons. The summed E-state index contributed by atoms with van der Waals surface area (Å²) in [6.45, 7) is 0. The van der Waals surface area contributed by atoms with Crippen LogP contribution < -0.4 is 38.0 Å². The number of aromatic nitrogens is 2. The van der Waals surface area contributed by atoms with Crippen LogP contribution in [0.15, 0.2) is 140 Å². The number of methoxy groups -OCH3 is 1. The van der Waals surface area contributed by atoms with Crippen LogP contribution in [0.5, 0.6) is 5.75 Å².